The second-order valence-electron chi connectivity index (χ2n) is 10.8. The number of carboxylic acids is 2. The lowest BCUT2D eigenvalue weighted by Crippen LogP contribution is -2.54. The molecule has 1 heterocycles. The summed E-state index contributed by atoms with van der Waals surface area (Å²) in [4.78, 5) is 112. The summed E-state index contributed by atoms with van der Waals surface area (Å²) in [5, 5.41) is 27.0. The Bertz CT molecular complexity index is 1670. The summed E-state index contributed by atoms with van der Waals surface area (Å²) in [5.74, 6) is -7.71. The van der Waals surface area contributed by atoms with Gasteiger partial charge in [0.05, 0.1) is 13.1 Å². The maximum atomic E-state index is 13.0. The summed E-state index contributed by atoms with van der Waals surface area (Å²) >= 11 is 0. The molecule has 0 spiro atoms. The van der Waals surface area contributed by atoms with Gasteiger partial charge in [-0.3, -0.25) is 43.2 Å². The van der Waals surface area contributed by atoms with Crippen LogP contribution in [0.1, 0.15) is 56.8 Å². The zero-order chi connectivity index (χ0) is 34.2. The topological polar surface area (TPSA) is 245 Å². The first-order valence-electron chi connectivity index (χ1n) is 14.6. The van der Waals surface area contributed by atoms with Crippen LogP contribution in [-0.2, 0) is 28.8 Å². The summed E-state index contributed by atoms with van der Waals surface area (Å²) in [6, 6.07) is 8.52. The molecular formula is C31H31N5O11. The Balaban J connectivity index is 1.29. The number of aliphatic carboxylic acids is 2. The third-order valence-electron chi connectivity index (χ3n) is 7.61. The monoisotopic (exact) mass is 649 g/mol. The van der Waals surface area contributed by atoms with E-state index < -0.39 is 91.2 Å². The molecule has 2 aliphatic rings. The smallest absolute Gasteiger partial charge is 0.322 e. The van der Waals surface area contributed by atoms with Crippen LogP contribution in [0.2, 0.25) is 0 Å². The van der Waals surface area contributed by atoms with Crippen molar-refractivity contribution >= 4 is 53.0 Å². The number of carboxylic acid groups (broad SMARTS) is 2. The SMILES string of the molecule is O=C(O)CC[C@H](NC(=O)[C@@H]1CCCN1C(=O)CNC(=O)CNC(=O)c1ccc2c(c1)C(=O)C(=O)c1ccccc1-2)C(=O)NCC(=O)O. The summed E-state index contributed by atoms with van der Waals surface area (Å²) in [5.41, 5.74) is 1.45. The zero-order valence-corrected chi connectivity index (χ0v) is 24.9. The van der Waals surface area contributed by atoms with Crippen molar-refractivity contribution in [3.63, 3.8) is 0 Å². The zero-order valence-electron chi connectivity index (χ0n) is 24.9. The fraction of sp³-hybridized carbons (Fsp3) is 0.323. The highest BCUT2D eigenvalue weighted by molar-refractivity contribution is 6.53. The van der Waals surface area contributed by atoms with Gasteiger partial charge in [0.25, 0.3) is 5.91 Å². The average molecular weight is 650 g/mol. The molecule has 0 saturated carbocycles. The van der Waals surface area contributed by atoms with Gasteiger partial charge in [0.2, 0.25) is 35.2 Å². The molecule has 1 aliphatic heterocycles. The molecule has 0 radical (unpaired) electrons. The predicted molar refractivity (Wildman–Crippen MR) is 160 cm³/mol. The molecule has 16 heteroatoms. The highest BCUT2D eigenvalue weighted by Crippen LogP contribution is 2.33. The van der Waals surface area contributed by atoms with E-state index in [1.54, 1.807) is 30.3 Å². The van der Waals surface area contributed by atoms with E-state index in [0.717, 1.165) is 0 Å². The van der Waals surface area contributed by atoms with Crippen LogP contribution >= 0.6 is 0 Å². The number of nitrogens with one attached hydrogen (secondary N) is 4. The predicted octanol–water partition coefficient (Wildman–Crippen LogP) is -0.880. The quantitative estimate of drug-likeness (QED) is 0.145. The molecule has 2 aromatic carbocycles. The molecule has 0 bridgehead atoms. The summed E-state index contributed by atoms with van der Waals surface area (Å²) < 4.78 is 0. The average Bonchev–Trinajstić information content (AvgIpc) is 3.56. The van der Waals surface area contributed by atoms with Gasteiger partial charge < -0.3 is 36.4 Å². The number of amides is 5. The van der Waals surface area contributed by atoms with Crippen molar-refractivity contribution in [1.29, 1.82) is 0 Å². The molecule has 0 unspecified atom stereocenters. The third kappa shape index (κ3) is 8.22. The van der Waals surface area contributed by atoms with Crippen LogP contribution in [0.25, 0.3) is 11.1 Å². The van der Waals surface area contributed by atoms with Gasteiger partial charge in [-0.2, -0.15) is 0 Å². The molecule has 16 nitrogen and oxygen atoms in total. The number of hydrogen-bond acceptors (Lipinski definition) is 9. The molecule has 5 amide bonds. The number of rotatable bonds is 13. The highest BCUT2D eigenvalue weighted by Gasteiger charge is 2.36. The number of carbonyl (C=O) groups is 9. The Morgan fingerprint density at radius 2 is 1.47 bits per heavy atom. The summed E-state index contributed by atoms with van der Waals surface area (Å²) in [7, 11) is 0. The lowest BCUT2D eigenvalue weighted by atomic mass is 9.83. The van der Waals surface area contributed by atoms with E-state index in [9.17, 15) is 43.2 Å². The minimum atomic E-state index is -1.36. The number of carbonyl (C=O) groups excluding carboxylic acids is 7. The molecule has 47 heavy (non-hydrogen) atoms. The lowest BCUT2D eigenvalue weighted by molar-refractivity contribution is -0.141. The number of Topliss-reactive ketones (excluding diaryl/α,β-unsaturated/α-hetero) is 2. The molecule has 1 saturated heterocycles. The summed E-state index contributed by atoms with van der Waals surface area (Å²) in [6.07, 6.45) is -0.146. The third-order valence-corrected chi connectivity index (χ3v) is 7.61. The van der Waals surface area contributed by atoms with Crippen molar-refractivity contribution in [2.24, 2.45) is 0 Å². The summed E-state index contributed by atoms with van der Waals surface area (Å²) in [6.45, 7) is -1.62. The van der Waals surface area contributed by atoms with Crippen LogP contribution in [-0.4, -0.2) is 106 Å². The highest BCUT2D eigenvalue weighted by atomic mass is 16.4. The number of nitrogens with zero attached hydrogens (tertiary/aromatic N) is 1. The largest absolute Gasteiger partial charge is 0.481 e. The van der Waals surface area contributed by atoms with Crippen LogP contribution in [0, 0.1) is 0 Å². The van der Waals surface area contributed by atoms with Crippen molar-refractivity contribution < 1.29 is 53.4 Å². The first-order valence-corrected chi connectivity index (χ1v) is 14.6. The van der Waals surface area contributed by atoms with Crippen LogP contribution in [0.4, 0.5) is 0 Å². The molecule has 6 N–H and O–H groups in total. The van der Waals surface area contributed by atoms with Gasteiger partial charge in [0, 0.05) is 29.7 Å². The van der Waals surface area contributed by atoms with Gasteiger partial charge in [0.1, 0.15) is 18.6 Å². The number of fused-ring (bicyclic) bond motifs is 3. The fourth-order valence-electron chi connectivity index (χ4n) is 5.30. The molecule has 2 aromatic rings. The first-order chi connectivity index (χ1) is 22.4. The van der Waals surface area contributed by atoms with Crippen molar-refractivity contribution in [1.82, 2.24) is 26.2 Å². The van der Waals surface area contributed by atoms with E-state index >= 15 is 0 Å². The first kappa shape index (κ1) is 34.0. The molecule has 1 aliphatic carbocycles. The van der Waals surface area contributed by atoms with E-state index in [-0.39, 0.29) is 36.1 Å². The second kappa shape index (κ2) is 14.9. The second-order valence-corrected chi connectivity index (χ2v) is 10.8. The molecule has 0 aromatic heterocycles. The fourth-order valence-corrected chi connectivity index (χ4v) is 5.30. The maximum Gasteiger partial charge on any atom is 0.322 e. The normalized spacial score (nSPS) is 15.5. The van der Waals surface area contributed by atoms with E-state index in [4.69, 9.17) is 10.2 Å². The van der Waals surface area contributed by atoms with Crippen LogP contribution in [0.5, 0.6) is 0 Å². The lowest BCUT2D eigenvalue weighted by Gasteiger charge is -2.26. The van der Waals surface area contributed by atoms with Gasteiger partial charge in [-0.25, -0.2) is 0 Å². The van der Waals surface area contributed by atoms with Crippen molar-refractivity contribution in [3.05, 3.63) is 59.2 Å². The van der Waals surface area contributed by atoms with E-state index in [1.807, 2.05) is 0 Å². The minimum absolute atomic E-state index is 0.0392. The van der Waals surface area contributed by atoms with Crippen molar-refractivity contribution in [2.75, 3.05) is 26.2 Å². The minimum Gasteiger partial charge on any atom is -0.481 e. The van der Waals surface area contributed by atoms with Gasteiger partial charge in [-0.05, 0) is 42.5 Å². The molecule has 4 rings (SSSR count). The van der Waals surface area contributed by atoms with Crippen molar-refractivity contribution in [2.45, 2.75) is 37.8 Å². The van der Waals surface area contributed by atoms with E-state index in [1.165, 1.54) is 17.0 Å². The molecular weight excluding hydrogens is 618 g/mol. The number of benzene rings is 2. The van der Waals surface area contributed by atoms with E-state index in [0.29, 0.717) is 17.5 Å². The Labute approximate surface area is 266 Å². The Kier molecular flexibility index (Phi) is 10.8. The van der Waals surface area contributed by atoms with Crippen molar-refractivity contribution in [3.8, 4) is 11.1 Å². The Morgan fingerprint density at radius 3 is 2.17 bits per heavy atom. The maximum absolute atomic E-state index is 13.0. The van der Waals surface area contributed by atoms with E-state index in [2.05, 4.69) is 21.3 Å². The molecule has 2 atom stereocenters. The van der Waals surface area contributed by atoms with Gasteiger partial charge >= 0.3 is 11.9 Å². The molecule has 246 valence electrons. The number of likely N-dealkylation sites (tertiary alicyclic amines) is 1. The number of ketones is 2. The van der Waals surface area contributed by atoms with Crippen LogP contribution in [0.3, 0.4) is 0 Å². The standard InChI is InChI=1S/C31H31N5O11/c37-23(13-33-29(45)16-7-8-18-17-4-1-2-5-19(17)27(43)28(44)20(18)12-16)32-14-24(38)36-11-3-6-22(36)31(47)35-21(9-10-25(39)40)30(46)34-15-26(41)42/h1-2,4-5,7-8,12,21-22H,3,6,9-11,13-15H2,(H,32,37)(H,33,45)(H,34,46)(H,35,47)(H,39,40)(H,41,42)/t21-,22-/m0/s1. The van der Waals surface area contributed by atoms with Gasteiger partial charge in [-0.1, -0.05) is 30.3 Å². The Morgan fingerprint density at radius 1 is 0.787 bits per heavy atom. The van der Waals surface area contributed by atoms with Gasteiger partial charge in [-0.15, -0.1) is 0 Å². The molecule has 1 fully saturated rings. The van der Waals surface area contributed by atoms with Crippen LogP contribution in [0.15, 0.2) is 42.5 Å². The number of hydrogen-bond donors (Lipinski definition) is 6. The Hall–Kier alpha value is -5.93. The van der Waals surface area contributed by atoms with Gasteiger partial charge in [0.15, 0.2) is 0 Å². The van der Waals surface area contributed by atoms with Crippen LogP contribution < -0.4 is 21.3 Å².